The van der Waals surface area contributed by atoms with Crippen molar-refractivity contribution in [2.24, 2.45) is 16.8 Å². The van der Waals surface area contributed by atoms with Crippen molar-refractivity contribution in [2.45, 2.75) is 19.3 Å². The van der Waals surface area contributed by atoms with Crippen LogP contribution < -0.4 is 5.73 Å². The largest absolute Gasteiger partial charge is 0.409 e. The molecule has 1 aromatic carbocycles. The number of piperidine rings is 1. The van der Waals surface area contributed by atoms with Gasteiger partial charge in [-0.1, -0.05) is 33.2 Å². The summed E-state index contributed by atoms with van der Waals surface area (Å²) in [5.41, 5.74) is 6.60. The molecule has 20 heavy (non-hydrogen) atoms. The highest BCUT2D eigenvalue weighted by Crippen LogP contribution is 2.19. The Morgan fingerprint density at radius 1 is 1.45 bits per heavy atom. The maximum absolute atomic E-state index is 12.2. The van der Waals surface area contributed by atoms with Crippen LogP contribution in [0.2, 0.25) is 0 Å². The molecule has 3 N–H and O–H groups in total. The highest BCUT2D eigenvalue weighted by molar-refractivity contribution is 9.10. The van der Waals surface area contributed by atoms with Gasteiger partial charge in [-0.3, -0.25) is 4.79 Å². The third-order valence-corrected chi connectivity index (χ3v) is 4.12. The van der Waals surface area contributed by atoms with E-state index in [-0.39, 0.29) is 17.7 Å². The summed E-state index contributed by atoms with van der Waals surface area (Å²) in [5, 5.41) is 11.7. The van der Waals surface area contributed by atoms with Crippen LogP contribution in [0.5, 0.6) is 0 Å². The molecule has 108 valence electrons. The molecule has 1 fully saturated rings. The van der Waals surface area contributed by atoms with Crippen LogP contribution in [0.25, 0.3) is 0 Å². The van der Waals surface area contributed by atoms with E-state index in [1.807, 2.05) is 29.2 Å². The molecule has 0 bridgehead atoms. The minimum atomic E-state index is 0.0786. The van der Waals surface area contributed by atoms with E-state index in [4.69, 9.17) is 10.9 Å². The fraction of sp³-hybridized carbons (Fsp3) is 0.429. The molecule has 1 aliphatic heterocycles. The zero-order valence-electron chi connectivity index (χ0n) is 11.1. The summed E-state index contributed by atoms with van der Waals surface area (Å²) in [6.07, 6.45) is 1.91. The van der Waals surface area contributed by atoms with Gasteiger partial charge in [-0.2, -0.15) is 0 Å². The normalized spacial score (nSPS) is 17.2. The molecule has 6 heteroatoms. The Balaban J connectivity index is 1.89. The van der Waals surface area contributed by atoms with Crippen molar-refractivity contribution >= 4 is 27.7 Å². The number of nitrogens with two attached hydrogens (primary N) is 1. The molecule has 0 unspecified atom stereocenters. The molecule has 1 aliphatic rings. The summed E-state index contributed by atoms with van der Waals surface area (Å²) >= 11 is 3.40. The first-order valence-corrected chi connectivity index (χ1v) is 7.39. The minimum absolute atomic E-state index is 0.0786. The molecule has 1 amide bonds. The number of amides is 1. The Labute approximate surface area is 126 Å². The second kappa shape index (κ2) is 6.74. The monoisotopic (exact) mass is 339 g/mol. The molecule has 0 radical (unpaired) electrons. The number of benzene rings is 1. The molecule has 1 aromatic rings. The summed E-state index contributed by atoms with van der Waals surface area (Å²) in [7, 11) is 0. The van der Waals surface area contributed by atoms with Crippen molar-refractivity contribution in [3.05, 3.63) is 34.3 Å². The van der Waals surface area contributed by atoms with E-state index in [1.165, 1.54) is 0 Å². The number of likely N-dealkylation sites (tertiary alicyclic amines) is 1. The van der Waals surface area contributed by atoms with Crippen LogP contribution in [-0.4, -0.2) is 34.9 Å². The third-order valence-electron chi connectivity index (χ3n) is 3.63. The number of nitrogens with zero attached hydrogens (tertiary/aromatic N) is 2. The maximum Gasteiger partial charge on any atom is 0.226 e. The molecule has 1 saturated heterocycles. The van der Waals surface area contributed by atoms with Gasteiger partial charge in [0.1, 0.15) is 5.84 Å². The first kappa shape index (κ1) is 14.8. The van der Waals surface area contributed by atoms with Gasteiger partial charge in [0.15, 0.2) is 0 Å². The Bertz CT molecular complexity index is 511. The molecule has 5 nitrogen and oxygen atoms in total. The molecular weight excluding hydrogens is 322 g/mol. The van der Waals surface area contributed by atoms with Crippen molar-refractivity contribution < 1.29 is 10.0 Å². The zero-order chi connectivity index (χ0) is 14.5. The van der Waals surface area contributed by atoms with Crippen molar-refractivity contribution in [1.29, 1.82) is 0 Å². The summed E-state index contributed by atoms with van der Waals surface area (Å²) in [6.45, 7) is 1.32. The van der Waals surface area contributed by atoms with Crippen LogP contribution in [-0.2, 0) is 11.2 Å². The van der Waals surface area contributed by atoms with E-state index in [2.05, 4.69) is 21.1 Å². The number of rotatable bonds is 3. The van der Waals surface area contributed by atoms with E-state index in [1.54, 1.807) is 0 Å². The van der Waals surface area contributed by atoms with Gasteiger partial charge in [0, 0.05) is 23.5 Å². The number of halogens is 1. The van der Waals surface area contributed by atoms with E-state index in [0.717, 1.165) is 22.9 Å². The molecule has 0 aliphatic carbocycles. The van der Waals surface area contributed by atoms with Gasteiger partial charge in [0.05, 0.1) is 6.42 Å². The van der Waals surface area contributed by atoms with E-state index >= 15 is 0 Å². The van der Waals surface area contributed by atoms with E-state index < -0.39 is 0 Å². The summed E-state index contributed by atoms with van der Waals surface area (Å²) in [6, 6.07) is 7.78. The smallest absolute Gasteiger partial charge is 0.226 e. The topological polar surface area (TPSA) is 78.9 Å². The zero-order valence-corrected chi connectivity index (χ0v) is 12.7. The van der Waals surface area contributed by atoms with Gasteiger partial charge >= 0.3 is 0 Å². The van der Waals surface area contributed by atoms with Crippen molar-refractivity contribution in [3.63, 3.8) is 0 Å². The summed E-state index contributed by atoms with van der Waals surface area (Å²) in [5.74, 6) is 0.472. The molecule has 0 saturated carbocycles. The Morgan fingerprint density at radius 3 is 2.75 bits per heavy atom. The summed E-state index contributed by atoms with van der Waals surface area (Å²) < 4.78 is 0.980. The number of hydrogen-bond acceptors (Lipinski definition) is 3. The fourth-order valence-electron chi connectivity index (χ4n) is 2.44. The van der Waals surface area contributed by atoms with Gasteiger partial charge in [-0.05, 0) is 30.5 Å². The highest BCUT2D eigenvalue weighted by Gasteiger charge is 2.25. The van der Waals surface area contributed by atoms with E-state index in [0.29, 0.717) is 19.5 Å². The lowest BCUT2D eigenvalue weighted by Crippen LogP contribution is -2.42. The molecule has 0 aromatic heterocycles. The van der Waals surface area contributed by atoms with Gasteiger partial charge in [-0.25, -0.2) is 0 Å². The minimum Gasteiger partial charge on any atom is -0.409 e. The lowest BCUT2D eigenvalue weighted by atomic mass is 9.95. The van der Waals surface area contributed by atoms with Crippen molar-refractivity contribution in [3.8, 4) is 0 Å². The van der Waals surface area contributed by atoms with Crippen LogP contribution in [0.15, 0.2) is 33.9 Å². The second-order valence-electron chi connectivity index (χ2n) is 4.99. The van der Waals surface area contributed by atoms with Crippen molar-refractivity contribution in [1.82, 2.24) is 4.90 Å². The molecule has 0 atom stereocenters. The average Bonchev–Trinajstić information content (AvgIpc) is 2.46. The third kappa shape index (κ3) is 3.72. The first-order valence-electron chi connectivity index (χ1n) is 6.60. The van der Waals surface area contributed by atoms with Crippen molar-refractivity contribution in [2.75, 3.05) is 13.1 Å². The number of carbonyl (C=O) groups is 1. The standard InChI is InChI=1S/C14H18BrN3O2/c15-12-3-1-2-10(8-12)9-13(19)18-6-4-11(5-7-18)14(16)17-20/h1-3,8,11,20H,4-7,9H2,(H2,16,17). The quantitative estimate of drug-likeness (QED) is 0.382. The van der Waals surface area contributed by atoms with Gasteiger partial charge in [0.25, 0.3) is 0 Å². The van der Waals surface area contributed by atoms with Crippen LogP contribution >= 0.6 is 15.9 Å². The van der Waals surface area contributed by atoms with Crippen LogP contribution in [0.1, 0.15) is 18.4 Å². The summed E-state index contributed by atoms with van der Waals surface area (Å²) in [4.78, 5) is 14.1. The highest BCUT2D eigenvalue weighted by atomic mass is 79.9. The SMILES string of the molecule is NC(=NO)C1CCN(C(=O)Cc2cccc(Br)c2)CC1. The number of carbonyl (C=O) groups excluding carboxylic acids is 1. The van der Waals surface area contributed by atoms with Crippen LogP contribution in [0.4, 0.5) is 0 Å². The number of oxime groups is 1. The molecule has 2 rings (SSSR count). The maximum atomic E-state index is 12.2. The van der Waals surface area contributed by atoms with Gasteiger partial charge in [0.2, 0.25) is 5.91 Å². The first-order chi connectivity index (χ1) is 9.60. The number of hydrogen-bond donors (Lipinski definition) is 2. The predicted molar refractivity (Wildman–Crippen MR) is 80.6 cm³/mol. The Kier molecular flexibility index (Phi) is 5.00. The van der Waals surface area contributed by atoms with Gasteiger partial charge < -0.3 is 15.8 Å². The lowest BCUT2D eigenvalue weighted by molar-refractivity contribution is -0.131. The predicted octanol–water partition coefficient (Wildman–Crippen LogP) is 1.98. The average molecular weight is 340 g/mol. The molecular formula is C14H18BrN3O2. The second-order valence-corrected chi connectivity index (χ2v) is 5.90. The lowest BCUT2D eigenvalue weighted by Gasteiger charge is -2.31. The van der Waals surface area contributed by atoms with Gasteiger partial charge in [-0.15, -0.1) is 0 Å². The Morgan fingerprint density at radius 2 is 2.15 bits per heavy atom. The Hall–Kier alpha value is -1.56. The number of amidine groups is 1. The van der Waals surface area contributed by atoms with Crippen LogP contribution in [0, 0.1) is 5.92 Å². The van der Waals surface area contributed by atoms with E-state index in [9.17, 15) is 4.79 Å². The molecule has 1 heterocycles. The van der Waals surface area contributed by atoms with Crippen LogP contribution in [0.3, 0.4) is 0 Å². The fourth-order valence-corrected chi connectivity index (χ4v) is 2.89. The molecule has 0 spiro atoms.